The molecule has 1 aromatic rings. The van der Waals surface area contributed by atoms with Gasteiger partial charge in [-0.25, -0.2) is 9.97 Å². The number of hydrogen-bond donors (Lipinski definition) is 1. The molecule has 1 saturated carbocycles. The molecule has 2 heterocycles. The molecule has 1 aliphatic heterocycles. The molecule has 19 heavy (non-hydrogen) atoms. The fourth-order valence-electron chi connectivity index (χ4n) is 2.87. The molecule has 0 amide bonds. The maximum atomic E-state index is 4.50. The van der Waals surface area contributed by atoms with Crippen LogP contribution in [-0.2, 0) is 6.42 Å². The summed E-state index contributed by atoms with van der Waals surface area (Å²) < 4.78 is 0. The van der Waals surface area contributed by atoms with Crippen LogP contribution in [0.25, 0.3) is 0 Å². The molecule has 1 N–H and O–H groups in total. The second-order valence-electron chi connectivity index (χ2n) is 5.75. The highest BCUT2D eigenvalue weighted by molar-refractivity contribution is 5.42. The van der Waals surface area contributed by atoms with Crippen LogP contribution in [-0.4, -0.2) is 35.1 Å². The van der Waals surface area contributed by atoms with Gasteiger partial charge in [-0.15, -0.1) is 0 Å². The predicted molar refractivity (Wildman–Crippen MR) is 77.4 cm³/mol. The third kappa shape index (κ3) is 3.24. The Balaban J connectivity index is 1.72. The lowest BCUT2D eigenvalue weighted by Crippen LogP contribution is -2.44. The maximum Gasteiger partial charge on any atom is 0.132 e. The summed E-state index contributed by atoms with van der Waals surface area (Å²) in [6.07, 6.45) is 9.33. The van der Waals surface area contributed by atoms with E-state index in [1.807, 2.05) is 0 Å². The summed E-state index contributed by atoms with van der Waals surface area (Å²) >= 11 is 0. The summed E-state index contributed by atoms with van der Waals surface area (Å²) in [6, 6.07) is 3.51. The van der Waals surface area contributed by atoms with E-state index >= 15 is 0 Å². The quantitative estimate of drug-likeness (QED) is 0.881. The summed E-state index contributed by atoms with van der Waals surface area (Å²) in [7, 11) is 0. The molecule has 104 valence electrons. The number of piperidine rings is 1. The van der Waals surface area contributed by atoms with E-state index in [0.29, 0.717) is 12.1 Å². The van der Waals surface area contributed by atoms with Gasteiger partial charge in [-0.3, -0.25) is 0 Å². The average molecular weight is 260 g/mol. The molecule has 0 radical (unpaired) electrons. The van der Waals surface area contributed by atoms with Gasteiger partial charge in [-0.05, 0) is 38.6 Å². The fraction of sp³-hybridized carbons (Fsp3) is 0.733. The van der Waals surface area contributed by atoms with E-state index in [1.54, 1.807) is 6.33 Å². The molecule has 0 spiro atoms. The summed E-state index contributed by atoms with van der Waals surface area (Å²) in [5.41, 5.74) is 1.15. The lowest BCUT2D eigenvalue weighted by molar-refractivity contribution is 0.397. The number of nitrogens with one attached hydrogen (secondary N) is 1. The lowest BCUT2D eigenvalue weighted by atomic mass is 10.0. The Hall–Kier alpha value is -1.16. The van der Waals surface area contributed by atoms with Crippen LogP contribution >= 0.6 is 0 Å². The molecule has 1 atom stereocenters. The minimum atomic E-state index is 0.634. The molecule has 1 aromatic heterocycles. The second-order valence-corrected chi connectivity index (χ2v) is 5.75. The van der Waals surface area contributed by atoms with Crippen molar-refractivity contribution in [2.75, 3.05) is 18.0 Å². The third-order valence-electron chi connectivity index (χ3n) is 4.18. The van der Waals surface area contributed by atoms with Crippen LogP contribution < -0.4 is 10.2 Å². The van der Waals surface area contributed by atoms with Crippen LogP contribution in [0, 0.1) is 0 Å². The number of hydrogen-bond acceptors (Lipinski definition) is 4. The zero-order chi connectivity index (χ0) is 13.1. The molecule has 2 fully saturated rings. The molecule has 0 bridgehead atoms. The van der Waals surface area contributed by atoms with Crippen LogP contribution in [0.1, 0.15) is 44.7 Å². The van der Waals surface area contributed by atoms with E-state index in [4.69, 9.17) is 0 Å². The van der Waals surface area contributed by atoms with E-state index in [-0.39, 0.29) is 0 Å². The molecular weight excluding hydrogens is 236 g/mol. The Morgan fingerprint density at radius 2 is 2.16 bits per heavy atom. The molecule has 4 nitrogen and oxygen atoms in total. The molecule has 3 rings (SSSR count). The van der Waals surface area contributed by atoms with Gasteiger partial charge < -0.3 is 10.2 Å². The van der Waals surface area contributed by atoms with Crippen LogP contribution in [0.5, 0.6) is 0 Å². The number of rotatable bonds is 5. The summed E-state index contributed by atoms with van der Waals surface area (Å²) in [5.74, 6) is 1.13. The van der Waals surface area contributed by atoms with Crippen molar-refractivity contribution in [3.63, 3.8) is 0 Å². The Labute approximate surface area is 115 Å². The van der Waals surface area contributed by atoms with Gasteiger partial charge in [0, 0.05) is 30.4 Å². The highest BCUT2D eigenvalue weighted by Gasteiger charge is 2.32. The normalized spacial score (nSPS) is 23.3. The van der Waals surface area contributed by atoms with Gasteiger partial charge in [0.2, 0.25) is 0 Å². The van der Waals surface area contributed by atoms with Crippen molar-refractivity contribution in [2.24, 2.45) is 0 Å². The number of nitrogens with zero attached hydrogens (tertiary/aromatic N) is 3. The minimum Gasteiger partial charge on any atom is -0.352 e. The highest BCUT2D eigenvalue weighted by atomic mass is 15.3. The van der Waals surface area contributed by atoms with Gasteiger partial charge in [0.25, 0.3) is 0 Å². The van der Waals surface area contributed by atoms with Gasteiger partial charge in [-0.1, -0.05) is 13.3 Å². The molecule has 1 unspecified atom stereocenters. The average Bonchev–Trinajstić information content (AvgIpc) is 3.30. The molecule has 1 saturated heterocycles. The van der Waals surface area contributed by atoms with Crippen molar-refractivity contribution >= 4 is 5.82 Å². The van der Waals surface area contributed by atoms with Crippen molar-refractivity contribution < 1.29 is 0 Å². The fourth-order valence-corrected chi connectivity index (χ4v) is 2.87. The van der Waals surface area contributed by atoms with E-state index in [2.05, 4.69) is 33.2 Å². The van der Waals surface area contributed by atoms with E-state index in [1.165, 1.54) is 38.6 Å². The first-order valence-electron chi connectivity index (χ1n) is 7.67. The zero-order valence-corrected chi connectivity index (χ0v) is 11.8. The Morgan fingerprint density at radius 1 is 1.26 bits per heavy atom. The van der Waals surface area contributed by atoms with Gasteiger partial charge in [0.15, 0.2) is 0 Å². The van der Waals surface area contributed by atoms with Gasteiger partial charge in [0.05, 0.1) is 0 Å². The van der Waals surface area contributed by atoms with Crippen LogP contribution in [0.4, 0.5) is 5.82 Å². The van der Waals surface area contributed by atoms with Gasteiger partial charge in [0.1, 0.15) is 12.1 Å². The summed E-state index contributed by atoms with van der Waals surface area (Å²) in [5, 5.41) is 3.65. The Kier molecular flexibility index (Phi) is 3.97. The Bertz CT molecular complexity index is 410. The third-order valence-corrected chi connectivity index (χ3v) is 4.18. The summed E-state index contributed by atoms with van der Waals surface area (Å²) in [6.45, 7) is 4.42. The molecular formula is C15H24N4. The lowest BCUT2D eigenvalue weighted by Gasteiger charge is -2.31. The topological polar surface area (TPSA) is 41.0 Å². The van der Waals surface area contributed by atoms with Crippen LogP contribution in [0.2, 0.25) is 0 Å². The van der Waals surface area contributed by atoms with Gasteiger partial charge in [-0.2, -0.15) is 0 Å². The molecule has 2 aliphatic rings. The van der Waals surface area contributed by atoms with Crippen molar-refractivity contribution in [3.05, 3.63) is 18.1 Å². The number of anilines is 1. The van der Waals surface area contributed by atoms with Gasteiger partial charge >= 0.3 is 0 Å². The standard InChI is InChI=1S/C15H24N4/c1-2-12-9-15(18-11-17-12)19(14-6-7-14)10-13-5-3-4-8-16-13/h9,11,13-14,16H,2-8,10H2,1H3. The van der Waals surface area contributed by atoms with Crippen molar-refractivity contribution in [1.29, 1.82) is 0 Å². The maximum absolute atomic E-state index is 4.50. The molecule has 4 heteroatoms. The zero-order valence-electron chi connectivity index (χ0n) is 11.8. The number of aryl methyl sites for hydroxylation is 1. The smallest absolute Gasteiger partial charge is 0.132 e. The van der Waals surface area contributed by atoms with Crippen molar-refractivity contribution in [3.8, 4) is 0 Å². The first-order chi connectivity index (χ1) is 9.36. The predicted octanol–water partition coefficient (Wildman–Crippen LogP) is 2.15. The molecule has 1 aliphatic carbocycles. The number of aromatic nitrogens is 2. The highest BCUT2D eigenvalue weighted by Crippen LogP contribution is 2.31. The van der Waals surface area contributed by atoms with Crippen LogP contribution in [0.3, 0.4) is 0 Å². The van der Waals surface area contributed by atoms with Crippen molar-refractivity contribution in [1.82, 2.24) is 15.3 Å². The largest absolute Gasteiger partial charge is 0.352 e. The monoisotopic (exact) mass is 260 g/mol. The first-order valence-corrected chi connectivity index (χ1v) is 7.67. The molecule has 0 aromatic carbocycles. The van der Waals surface area contributed by atoms with E-state index < -0.39 is 0 Å². The minimum absolute atomic E-state index is 0.634. The first kappa shape index (κ1) is 12.9. The van der Waals surface area contributed by atoms with Crippen molar-refractivity contribution in [2.45, 2.75) is 57.5 Å². The second kappa shape index (κ2) is 5.87. The van der Waals surface area contributed by atoms with E-state index in [0.717, 1.165) is 24.5 Å². The SMILES string of the molecule is CCc1cc(N(CC2CCCCN2)C2CC2)ncn1. The summed E-state index contributed by atoms with van der Waals surface area (Å²) in [4.78, 5) is 11.3. The van der Waals surface area contributed by atoms with Crippen LogP contribution in [0.15, 0.2) is 12.4 Å². The van der Waals surface area contributed by atoms with E-state index in [9.17, 15) is 0 Å². The Morgan fingerprint density at radius 3 is 2.84 bits per heavy atom.